The molecule has 0 spiro atoms. The summed E-state index contributed by atoms with van der Waals surface area (Å²) in [6, 6.07) is 4.37. The molecule has 0 saturated carbocycles. The van der Waals surface area contributed by atoms with Crippen LogP contribution in [0.5, 0.6) is 0 Å². The van der Waals surface area contributed by atoms with Gasteiger partial charge in [-0.2, -0.15) is 0 Å². The molecule has 3 aromatic heterocycles. The van der Waals surface area contributed by atoms with Crippen molar-refractivity contribution < 1.29 is 4.74 Å². The number of hydrogen-bond donors (Lipinski definition) is 1. The summed E-state index contributed by atoms with van der Waals surface area (Å²) in [7, 11) is 0. The largest absolute Gasteiger partial charge is 0.381 e. The second kappa shape index (κ2) is 7.11. The van der Waals surface area contributed by atoms with Crippen LogP contribution in [0.3, 0.4) is 0 Å². The number of ether oxygens (including phenoxy) is 1. The molecule has 0 aromatic carbocycles. The first kappa shape index (κ1) is 16.4. The molecule has 1 atom stereocenters. The molecule has 2 aliphatic rings. The monoisotopic (exact) mass is 365 g/mol. The van der Waals surface area contributed by atoms with Crippen molar-refractivity contribution in [1.82, 2.24) is 29.7 Å². The van der Waals surface area contributed by atoms with Crippen molar-refractivity contribution in [3.8, 4) is 0 Å². The van der Waals surface area contributed by atoms with Gasteiger partial charge in [-0.1, -0.05) is 0 Å². The quantitative estimate of drug-likeness (QED) is 0.762. The molecule has 1 fully saturated rings. The summed E-state index contributed by atoms with van der Waals surface area (Å²) in [5.74, 6) is 2.58. The van der Waals surface area contributed by atoms with Crippen LogP contribution >= 0.6 is 0 Å². The molecular weight excluding hydrogens is 342 g/mol. The highest BCUT2D eigenvalue weighted by atomic mass is 16.5. The zero-order valence-corrected chi connectivity index (χ0v) is 15.2. The minimum absolute atomic E-state index is 0.259. The Morgan fingerprint density at radius 3 is 2.74 bits per heavy atom. The third-order valence-corrected chi connectivity index (χ3v) is 5.55. The van der Waals surface area contributed by atoms with Crippen molar-refractivity contribution in [1.29, 1.82) is 0 Å². The zero-order valence-electron chi connectivity index (χ0n) is 15.2. The number of anilines is 1. The van der Waals surface area contributed by atoms with E-state index in [1.807, 2.05) is 18.6 Å². The van der Waals surface area contributed by atoms with Crippen molar-refractivity contribution in [2.24, 2.45) is 0 Å². The van der Waals surface area contributed by atoms with Gasteiger partial charge >= 0.3 is 0 Å². The molecule has 0 bridgehead atoms. The van der Waals surface area contributed by atoms with E-state index >= 15 is 0 Å². The molecule has 2 aliphatic heterocycles. The first-order valence-electron chi connectivity index (χ1n) is 9.52. The van der Waals surface area contributed by atoms with E-state index in [0.29, 0.717) is 5.92 Å². The summed E-state index contributed by atoms with van der Waals surface area (Å²) in [6.07, 6.45) is 10.2. The molecule has 0 amide bonds. The Hall–Kier alpha value is -2.74. The lowest BCUT2D eigenvalue weighted by molar-refractivity contribution is 0.0822. The van der Waals surface area contributed by atoms with E-state index in [-0.39, 0.29) is 6.04 Å². The molecule has 140 valence electrons. The van der Waals surface area contributed by atoms with Crippen LogP contribution in [0.4, 0.5) is 5.69 Å². The summed E-state index contributed by atoms with van der Waals surface area (Å²) in [5.41, 5.74) is 2.30. The van der Waals surface area contributed by atoms with E-state index in [0.717, 1.165) is 62.9 Å². The number of pyridine rings is 1. The second-order valence-corrected chi connectivity index (χ2v) is 7.25. The fraction of sp³-hybridized carbons (Fsp3) is 0.474. The summed E-state index contributed by atoms with van der Waals surface area (Å²) in [6.45, 7) is 3.28. The lowest BCUT2D eigenvalue weighted by Crippen LogP contribution is -2.39. The number of imidazole rings is 1. The summed E-state index contributed by atoms with van der Waals surface area (Å²) in [5, 5.41) is 9.20. The van der Waals surface area contributed by atoms with Gasteiger partial charge in [-0.3, -0.25) is 4.98 Å². The SMILES string of the molecule is c1cc(N2Cc3nnc(C4CCOCC4)n3C(Cc3cnc[nH]3)C2)ccn1. The lowest BCUT2D eigenvalue weighted by atomic mass is 9.98. The molecular formula is C19H23N7O. The second-order valence-electron chi connectivity index (χ2n) is 7.25. The van der Waals surface area contributed by atoms with Crippen LogP contribution in [0.15, 0.2) is 37.1 Å². The molecule has 1 unspecified atom stereocenters. The smallest absolute Gasteiger partial charge is 0.152 e. The highest BCUT2D eigenvalue weighted by Crippen LogP contribution is 2.33. The van der Waals surface area contributed by atoms with Crippen LogP contribution in [0, 0.1) is 0 Å². The Morgan fingerprint density at radius 2 is 1.96 bits per heavy atom. The van der Waals surface area contributed by atoms with Crippen LogP contribution in [0.25, 0.3) is 0 Å². The first-order chi connectivity index (χ1) is 13.4. The molecule has 1 N–H and O–H groups in total. The highest BCUT2D eigenvalue weighted by molar-refractivity contribution is 5.45. The van der Waals surface area contributed by atoms with Gasteiger partial charge in [0.1, 0.15) is 5.82 Å². The van der Waals surface area contributed by atoms with Gasteiger partial charge in [0.05, 0.1) is 18.9 Å². The zero-order chi connectivity index (χ0) is 18.1. The van der Waals surface area contributed by atoms with Crippen molar-refractivity contribution in [3.63, 3.8) is 0 Å². The van der Waals surface area contributed by atoms with E-state index in [9.17, 15) is 0 Å². The lowest BCUT2D eigenvalue weighted by Gasteiger charge is -2.36. The van der Waals surface area contributed by atoms with Gasteiger partial charge in [0, 0.05) is 62.1 Å². The number of nitrogens with zero attached hydrogens (tertiary/aromatic N) is 6. The standard InChI is InChI=1S/C19H23N7O/c1-5-20-6-2-16(1)25-11-17(9-15-10-21-13-22-15)26-18(12-25)23-24-19(26)14-3-7-27-8-4-14/h1-2,5-6,10,13-14,17H,3-4,7-9,11-12H2,(H,21,22). The van der Waals surface area contributed by atoms with Gasteiger partial charge in [-0.25, -0.2) is 4.98 Å². The number of aromatic amines is 1. The number of rotatable bonds is 4. The predicted molar refractivity (Wildman–Crippen MR) is 99.4 cm³/mol. The van der Waals surface area contributed by atoms with E-state index in [1.54, 1.807) is 6.33 Å². The summed E-state index contributed by atoms with van der Waals surface area (Å²) < 4.78 is 7.93. The summed E-state index contributed by atoms with van der Waals surface area (Å²) >= 11 is 0. The Kier molecular flexibility index (Phi) is 4.33. The topological polar surface area (TPSA) is 84.8 Å². The molecule has 27 heavy (non-hydrogen) atoms. The Morgan fingerprint density at radius 1 is 1.11 bits per heavy atom. The summed E-state index contributed by atoms with van der Waals surface area (Å²) in [4.78, 5) is 13.9. The Balaban J connectivity index is 1.50. The molecule has 8 nitrogen and oxygen atoms in total. The average Bonchev–Trinajstić information content (AvgIpc) is 3.39. The van der Waals surface area contributed by atoms with Crippen LogP contribution in [-0.2, 0) is 17.7 Å². The van der Waals surface area contributed by atoms with Crippen molar-refractivity contribution >= 4 is 5.69 Å². The fourth-order valence-electron chi connectivity index (χ4n) is 4.21. The maximum atomic E-state index is 5.54. The van der Waals surface area contributed by atoms with Crippen LogP contribution < -0.4 is 4.90 Å². The fourth-order valence-corrected chi connectivity index (χ4v) is 4.21. The predicted octanol–water partition coefficient (Wildman–Crippen LogP) is 2.09. The maximum absolute atomic E-state index is 5.54. The van der Waals surface area contributed by atoms with Gasteiger partial charge in [-0.15, -0.1) is 10.2 Å². The first-order valence-corrected chi connectivity index (χ1v) is 9.52. The van der Waals surface area contributed by atoms with E-state index in [1.165, 1.54) is 5.69 Å². The number of hydrogen-bond acceptors (Lipinski definition) is 6. The molecule has 8 heteroatoms. The maximum Gasteiger partial charge on any atom is 0.152 e. The van der Waals surface area contributed by atoms with Crippen LogP contribution in [-0.4, -0.2) is 49.5 Å². The molecule has 3 aromatic rings. The van der Waals surface area contributed by atoms with Crippen LogP contribution in [0.2, 0.25) is 0 Å². The van der Waals surface area contributed by atoms with E-state index in [4.69, 9.17) is 4.74 Å². The van der Waals surface area contributed by atoms with Gasteiger partial charge < -0.3 is 19.2 Å². The average molecular weight is 365 g/mol. The number of fused-ring (bicyclic) bond motifs is 1. The number of H-pyrrole nitrogens is 1. The number of aromatic nitrogens is 6. The minimum atomic E-state index is 0.259. The van der Waals surface area contributed by atoms with E-state index in [2.05, 4.69) is 46.7 Å². The molecule has 5 heterocycles. The highest BCUT2D eigenvalue weighted by Gasteiger charge is 2.33. The van der Waals surface area contributed by atoms with Gasteiger partial charge in [0.25, 0.3) is 0 Å². The third-order valence-electron chi connectivity index (χ3n) is 5.55. The Labute approximate surface area is 157 Å². The minimum Gasteiger partial charge on any atom is -0.381 e. The van der Waals surface area contributed by atoms with E-state index < -0.39 is 0 Å². The Bertz CT molecular complexity index is 871. The number of nitrogens with one attached hydrogen (secondary N) is 1. The van der Waals surface area contributed by atoms with Gasteiger partial charge in [0.15, 0.2) is 5.82 Å². The molecule has 0 radical (unpaired) electrons. The third kappa shape index (κ3) is 3.21. The normalized spacial score (nSPS) is 20.6. The van der Waals surface area contributed by atoms with Crippen LogP contribution in [0.1, 0.15) is 42.1 Å². The van der Waals surface area contributed by atoms with Crippen molar-refractivity contribution in [2.75, 3.05) is 24.7 Å². The van der Waals surface area contributed by atoms with Crippen molar-refractivity contribution in [2.45, 2.75) is 37.8 Å². The molecule has 1 saturated heterocycles. The van der Waals surface area contributed by atoms with Crippen molar-refractivity contribution in [3.05, 3.63) is 54.4 Å². The van der Waals surface area contributed by atoms with Gasteiger partial charge in [0.2, 0.25) is 0 Å². The molecule has 5 rings (SSSR count). The molecule has 0 aliphatic carbocycles. The van der Waals surface area contributed by atoms with Gasteiger partial charge in [-0.05, 0) is 25.0 Å².